The number of rotatable bonds is 4. The molecule has 0 spiro atoms. The molecule has 5 nitrogen and oxygen atoms in total. The Bertz CT molecular complexity index is 633. The summed E-state index contributed by atoms with van der Waals surface area (Å²) in [6, 6.07) is 4.75. The van der Waals surface area contributed by atoms with Crippen molar-refractivity contribution in [2.75, 3.05) is 12.3 Å². The third-order valence-electron chi connectivity index (χ3n) is 3.34. The molecule has 19 heavy (non-hydrogen) atoms. The Morgan fingerprint density at radius 1 is 1.53 bits per heavy atom. The van der Waals surface area contributed by atoms with Gasteiger partial charge < -0.3 is 15.6 Å². The Balaban J connectivity index is 1.74. The molecule has 1 aromatic carbocycles. The summed E-state index contributed by atoms with van der Waals surface area (Å²) in [4.78, 5) is 15.5. The maximum atomic E-state index is 13.5. The van der Waals surface area contributed by atoms with Crippen LogP contribution in [-0.4, -0.2) is 22.0 Å². The highest BCUT2D eigenvalue weighted by molar-refractivity contribution is 5.81. The number of hydrogen-bond acceptors (Lipinski definition) is 3. The van der Waals surface area contributed by atoms with E-state index >= 15 is 0 Å². The van der Waals surface area contributed by atoms with Crippen molar-refractivity contribution >= 4 is 22.9 Å². The van der Waals surface area contributed by atoms with E-state index in [2.05, 4.69) is 10.3 Å². The number of amides is 1. The molecule has 1 aromatic heterocycles. The quantitative estimate of drug-likeness (QED) is 0.871. The molecule has 1 aliphatic carbocycles. The summed E-state index contributed by atoms with van der Waals surface area (Å²) in [6.45, 7) is 0.964. The van der Waals surface area contributed by atoms with E-state index in [0.29, 0.717) is 18.6 Å². The summed E-state index contributed by atoms with van der Waals surface area (Å²) in [5.74, 6) is 0.161. The summed E-state index contributed by atoms with van der Waals surface area (Å²) in [6.07, 6.45) is 1.96. The van der Waals surface area contributed by atoms with E-state index in [4.69, 9.17) is 5.73 Å². The number of nitrogens with zero attached hydrogens (tertiary/aromatic N) is 2. The van der Waals surface area contributed by atoms with Crippen LogP contribution in [0.4, 0.5) is 10.3 Å². The van der Waals surface area contributed by atoms with Gasteiger partial charge in [0, 0.05) is 19.0 Å². The van der Waals surface area contributed by atoms with E-state index in [1.165, 1.54) is 6.07 Å². The lowest BCUT2D eigenvalue weighted by atomic mass is 10.3. The largest absolute Gasteiger partial charge is 0.369 e. The molecule has 0 atom stereocenters. The van der Waals surface area contributed by atoms with Crippen molar-refractivity contribution < 1.29 is 9.18 Å². The maximum Gasteiger partial charge on any atom is 0.223 e. The maximum absolute atomic E-state index is 13.5. The molecule has 1 heterocycles. The van der Waals surface area contributed by atoms with Gasteiger partial charge in [0.05, 0.1) is 5.52 Å². The predicted octanol–water partition coefficient (Wildman–Crippen LogP) is 1.28. The summed E-state index contributed by atoms with van der Waals surface area (Å²) < 4.78 is 15.3. The molecule has 0 radical (unpaired) electrons. The number of carbonyl (C=O) groups is 1. The standard InChI is InChI=1S/C13H15FN4O/c14-9-2-1-3-10-11(9)17-13(15)18(10)7-6-16-12(19)8-4-5-8/h1-3,8H,4-7H2,(H2,15,17)(H,16,19). The van der Waals surface area contributed by atoms with Crippen molar-refractivity contribution in [3.05, 3.63) is 24.0 Å². The van der Waals surface area contributed by atoms with E-state index in [1.54, 1.807) is 16.7 Å². The van der Waals surface area contributed by atoms with Gasteiger partial charge in [0.15, 0.2) is 5.82 Å². The van der Waals surface area contributed by atoms with Crippen LogP contribution >= 0.6 is 0 Å². The molecule has 1 amide bonds. The number of imidazole rings is 1. The van der Waals surface area contributed by atoms with Crippen LogP contribution in [-0.2, 0) is 11.3 Å². The fourth-order valence-corrected chi connectivity index (χ4v) is 2.15. The van der Waals surface area contributed by atoms with Gasteiger partial charge in [0.2, 0.25) is 11.9 Å². The van der Waals surface area contributed by atoms with E-state index in [1.807, 2.05) is 0 Å². The van der Waals surface area contributed by atoms with Gasteiger partial charge in [-0.1, -0.05) is 6.07 Å². The zero-order chi connectivity index (χ0) is 13.4. The number of nitrogen functional groups attached to an aromatic ring is 1. The van der Waals surface area contributed by atoms with Crippen LogP contribution in [0.2, 0.25) is 0 Å². The van der Waals surface area contributed by atoms with Crippen LogP contribution in [0.25, 0.3) is 11.0 Å². The first-order valence-corrected chi connectivity index (χ1v) is 6.35. The number of nitrogens with one attached hydrogen (secondary N) is 1. The van der Waals surface area contributed by atoms with Crippen molar-refractivity contribution in [3.8, 4) is 0 Å². The van der Waals surface area contributed by atoms with Gasteiger partial charge in [-0.05, 0) is 25.0 Å². The molecule has 2 aromatic rings. The second-order valence-electron chi connectivity index (χ2n) is 4.79. The zero-order valence-electron chi connectivity index (χ0n) is 10.4. The number of anilines is 1. The van der Waals surface area contributed by atoms with Crippen molar-refractivity contribution in [1.29, 1.82) is 0 Å². The van der Waals surface area contributed by atoms with Crippen LogP contribution in [0.1, 0.15) is 12.8 Å². The van der Waals surface area contributed by atoms with Crippen molar-refractivity contribution in [2.24, 2.45) is 5.92 Å². The molecule has 1 aliphatic rings. The third kappa shape index (κ3) is 2.25. The second kappa shape index (κ2) is 4.53. The highest BCUT2D eigenvalue weighted by atomic mass is 19.1. The minimum atomic E-state index is -0.384. The highest BCUT2D eigenvalue weighted by Crippen LogP contribution is 2.28. The first-order chi connectivity index (χ1) is 9.16. The average Bonchev–Trinajstić information content (AvgIpc) is 3.17. The number of carbonyl (C=O) groups excluding carboxylic acids is 1. The van der Waals surface area contributed by atoms with Gasteiger partial charge in [0.25, 0.3) is 0 Å². The van der Waals surface area contributed by atoms with Crippen molar-refractivity contribution in [1.82, 2.24) is 14.9 Å². The van der Waals surface area contributed by atoms with Crippen LogP contribution in [0.15, 0.2) is 18.2 Å². The first-order valence-electron chi connectivity index (χ1n) is 6.35. The van der Waals surface area contributed by atoms with Gasteiger partial charge in [-0.15, -0.1) is 0 Å². The predicted molar refractivity (Wildman–Crippen MR) is 69.8 cm³/mol. The van der Waals surface area contributed by atoms with Crippen molar-refractivity contribution in [2.45, 2.75) is 19.4 Å². The number of nitrogens with two attached hydrogens (primary N) is 1. The minimum Gasteiger partial charge on any atom is -0.369 e. The van der Waals surface area contributed by atoms with Gasteiger partial charge in [-0.2, -0.15) is 0 Å². The Labute approximate surface area is 109 Å². The molecule has 1 saturated carbocycles. The first kappa shape index (κ1) is 12.0. The van der Waals surface area contributed by atoms with Gasteiger partial charge in [-0.25, -0.2) is 9.37 Å². The molecule has 0 aliphatic heterocycles. The fraction of sp³-hybridized carbons (Fsp3) is 0.385. The van der Waals surface area contributed by atoms with Gasteiger partial charge >= 0.3 is 0 Å². The Morgan fingerprint density at radius 2 is 2.32 bits per heavy atom. The fourth-order valence-electron chi connectivity index (χ4n) is 2.15. The van der Waals surface area contributed by atoms with Gasteiger partial charge in [-0.3, -0.25) is 4.79 Å². The lowest BCUT2D eigenvalue weighted by Gasteiger charge is -2.07. The average molecular weight is 262 g/mol. The van der Waals surface area contributed by atoms with Crippen molar-refractivity contribution in [3.63, 3.8) is 0 Å². The van der Waals surface area contributed by atoms with Crippen LogP contribution in [0.5, 0.6) is 0 Å². The topological polar surface area (TPSA) is 72.9 Å². The summed E-state index contributed by atoms with van der Waals surface area (Å²) in [5.41, 5.74) is 6.71. The molecular weight excluding hydrogens is 247 g/mol. The molecule has 0 saturated heterocycles. The van der Waals surface area contributed by atoms with E-state index in [-0.39, 0.29) is 29.1 Å². The SMILES string of the molecule is Nc1nc2c(F)cccc2n1CCNC(=O)C1CC1. The van der Waals surface area contributed by atoms with Crippen LogP contribution < -0.4 is 11.1 Å². The number of fused-ring (bicyclic) bond motifs is 1. The molecular formula is C13H15FN4O. The van der Waals surface area contributed by atoms with Crippen LogP contribution in [0, 0.1) is 11.7 Å². The number of aromatic nitrogens is 2. The Kier molecular flexibility index (Phi) is 2.85. The molecule has 100 valence electrons. The van der Waals surface area contributed by atoms with E-state index in [9.17, 15) is 9.18 Å². The highest BCUT2D eigenvalue weighted by Gasteiger charge is 2.29. The second-order valence-corrected chi connectivity index (χ2v) is 4.79. The number of halogens is 1. The zero-order valence-corrected chi connectivity index (χ0v) is 10.4. The lowest BCUT2D eigenvalue weighted by Crippen LogP contribution is -2.28. The van der Waals surface area contributed by atoms with E-state index < -0.39 is 0 Å². The number of benzene rings is 1. The van der Waals surface area contributed by atoms with Gasteiger partial charge in [0.1, 0.15) is 5.52 Å². The lowest BCUT2D eigenvalue weighted by molar-refractivity contribution is -0.122. The molecule has 1 fully saturated rings. The Morgan fingerprint density at radius 3 is 3.05 bits per heavy atom. The molecule has 3 N–H and O–H groups in total. The van der Waals surface area contributed by atoms with E-state index in [0.717, 1.165) is 12.8 Å². The molecule has 0 bridgehead atoms. The minimum absolute atomic E-state index is 0.0918. The molecule has 0 unspecified atom stereocenters. The summed E-state index contributed by atoms with van der Waals surface area (Å²) in [5, 5.41) is 2.85. The van der Waals surface area contributed by atoms with Crippen LogP contribution in [0.3, 0.4) is 0 Å². The number of hydrogen-bond donors (Lipinski definition) is 2. The smallest absolute Gasteiger partial charge is 0.223 e. The molecule has 3 rings (SSSR count). The summed E-state index contributed by atoms with van der Waals surface area (Å²) >= 11 is 0. The normalized spacial score (nSPS) is 14.8. The number of para-hydroxylation sites is 1. The third-order valence-corrected chi connectivity index (χ3v) is 3.34. The monoisotopic (exact) mass is 262 g/mol. The Hall–Kier alpha value is -2.11. The molecule has 6 heteroatoms. The summed E-state index contributed by atoms with van der Waals surface area (Å²) in [7, 11) is 0.